The molecular formula is C47H55N5O6S. The summed E-state index contributed by atoms with van der Waals surface area (Å²) >= 11 is 1.45. The fraction of sp³-hybridized carbons (Fsp3) is 0.426. The number of nitrogens with one attached hydrogen (secondary N) is 1. The highest BCUT2D eigenvalue weighted by atomic mass is 32.1. The molecule has 0 aliphatic carbocycles. The van der Waals surface area contributed by atoms with Gasteiger partial charge in [-0.15, -0.1) is 0 Å². The Balaban J connectivity index is 1.04. The zero-order valence-corrected chi connectivity index (χ0v) is 35.8. The maximum Gasteiger partial charge on any atom is 0.358 e. The number of hydrogen-bond acceptors (Lipinski definition) is 11. The van der Waals surface area contributed by atoms with E-state index in [-0.39, 0.29) is 23.7 Å². The fourth-order valence-corrected chi connectivity index (χ4v) is 8.86. The zero-order chi connectivity index (χ0) is 41.7. The number of amides is 1. The lowest BCUT2D eigenvalue weighted by Crippen LogP contribution is -2.38. The number of pyridine rings is 1. The van der Waals surface area contributed by atoms with Crippen molar-refractivity contribution in [1.29, 1.82) is 0 Å². The Morgan fingerprint density at radius 2 is 1.73 bits per heavy atom. The number of anilines is 2. The summed E-state index contributed by atoms with van der Waals surface area (Å²) in [6.45, 7) is 15.3. The molecule has 2 aromatic heterocycles. The molecule has 0 saturated carbocycles. The number of nitrogens with zero attached hydrogens (tertiary/aromatic N) is 4. The fourth-order valence-electron chi connectivity index (χ4n) is 8.00. The van der Waals surface area contributed by atoms with Gasteiger partial charge < -0.3 is 19.1 Å². The SMILES string of the molecule is CCOC(=O)CN1CCC(CC[C@H](C)Oc2ccc(-c3ccc(N4CCc5cccc(C(=O)Nc6nc7ccccc7s6)c5C4)nc3C(=O)OC(C)(C)C)c(C)c2)CC1. The van der Waals surface area contributed by atoms with Crippen LogP contribution in [0.2, 0.25) is 0 Å². The second-order valence-corrected chi connectivity index (χ2v) is 17.7. The van der Waals surface area contributed by atoms with Crippen molar-refractivity contribution in [3.8, 4) is 16.9 Å². The van der Waals surface area contributed by atoms with E-state index in [1.54, 1.807) is 0 Å². The number of aromatic nitrogens is 2. The Hall–Kier alpha value is -5.33. The predicted molar refractivity (Wildman–Crippen MR) is 233 cm³/mol. The first-order chi connectivity index (χ1) is 28.3. The number of thiazole rings is 1. The van der Waals surface area contributed by atoms with Crippen LogP contribution < -0.4 is 15.0 Å². The molecule has 5 aromatic rings. The van der Waals surface area contributed by atoms with Crippen LogP contribution in [-0.2, 0) is 27.2 Å². The minimum atomic E-state index is -0.718. The molecule has 1 N–H and O–H groups in total. The molecule has 1 saturated heterocycles. The summed E-state index contributed by atoms with van der Waals surface area (Å²) in [4.78, 5) is 53.3. The van der Waals surface area contributed by atoms with Crippen LogP contribution >= 0.6 is 11.3 Å². The highest BCUT2D eigenvalue weighted by molar-refractivity contribution is 7.22. The van der Waals surface area contributed by atoms with Crippen molar-refractivity contribution < 1.29 is 28.6 Å². The zero-order valence-electron chi connectivity index (χ0n) is 35.0. The van der Waals surface area contributed by atoms with Gasteiger partial charge in [0, 0.05) is 24.2 Å². The van der Waals surface area contributed by atoms with E-state index in [4.69, 9.17) is 19.2 Å². The van der Waals surface area contributed by atoms with Gasteiger partial charge in [0.15, 0.2) is 10.8 Å². The Labute approximate surface area is 351 Å². The predicted octanol–water partition coefficient (Wildman–Crippen LogP) is 9.26. The maximum atomic E-state index is 13.9. The lowest BCUT2D eigenvalue weighted by atomic mass is 9.91. The smallest absolute Gasteiger partial charge is 0.358 e. The molecule has 1 fully saturated rings. The van der Waals surface area contributed by atoms with Crippen LogP contribution in [0.1, 0.15) is 97.8 Å². The molecule has 7 rings (SSSR count). The maximum absolute atomic E-state index is 13.9. The second-order valence-electron chi connectivity index (χ2n) is 16.6. The Morgan fingerprint density at radius 3 is 2.47 bits per heavy atom. The quantitative estimate of drug-likeness (QED) is 0.115. The third-order valence-electron chi connectivity index (χ3n) is 11.0. The number of carbonyl (C=O) groups excluding carboxylic acids is 3. The first-order valence-electron chi connectivity index (χ1n) is 20.8. The van der Waals surface area contributed by atoms with Crippen LogP contribution in [0, 0.1) is 12.8 Å². The summed E-state index contributed by atoms with van der Waals surface area (Å²) in [5.74, 6) is 1.18. The van der Waals surface area contributed by atoms with Crippen LogP contribution in [0.3, 0.4) is 0 Å². The van der Waals surface area contributed by atoms with E-state index in [1.165, 1.54) is 11.3 Å². The van der Waals surface area contributed by atoms with E-state index in [0.717, 1.165) is 83.4 Å². The van der Waals surface area contributed by atoms with Gasteiger partial charge in [-0.25, -0.2) is 14.8 Å². The number of ether oxygens (including phenoxy) is 3. The van der Waals surface area contributed by atoms with Crippen LogP contribution in [0.25, 0.3) is 21.3 Å². The van der Waals surface area contributed by atoms with Crippen LogP contribution in [0.4, 0.5) is 10.9 Å². The summed E-state index contributed by atoms with van der Waals surface area (Å²) in [6, 6.07) is 23.6. The number of carbonyl (C=O) groups is 3. The van der Waals surface area contributed by atoms with Crippen molar-refractivity contribution in [2.75, 3.05) is 43.0 Å². The van der Waals surface area contributed by atoms with Gasteiger partial charge in [-0.3, -0.25) is 19.8 Å². The molecule has 0 bridgehead atoms. The van der Waals surface area contributed by atoms with Gasteiger partial charge in [-0.2, -0.15) is 0 Å². The summed E-state index contributed by atoms with van der Waals surface area (Å²) in [7, 11) is 0. The molecule has 3 aromatic carbocycles. The van der Waals surface area contributed by atoms with Gasteiger partial charge >= 0.3 is 11.9 Å². The minimum Gasteiger partial charge on any atom is -0.491 e. The van der Waals surface area contributed by atoms with Gasteiger partial charge in [-0.1, -0.05) is 41.7 Å². The largest absolute Gasteiger partial charge is 0.491 e. The molecule has 59 heavy (non-hydrogen) atoms. The molecule has 11 nitrogen and oxygen atoms in total. The van der Waals surface area contributed by atoms with Crippen LogP contribution in [0.5, 0.6) is 5.75 Å². The molecule has 1 atom stereocenters. The van der Waals surface area contributed by atoms with Gasteiger partial charge in [0.05, 0.1) is 29.5 Å². The van der Waals surface area contributed by atoms with E-state index >= 15 is 0 Å². The molecule has 4 heterocycles. The molecule has 310 valence electrons. The van der Waals surface area contributed by atoms with E-state index in [2.05, 4.69) is 33.1 Å². The van der Waals surface area contributed by atoms with Crippen LogP contribution in [0.15, 0.2) is 72.8 Å². The molecule has 0 radical (unpaired) electrons. The standard InChI is InChI=1S/C47H55N5O6S/c1-7-56-42(53)29-51-24-21-32(22-25-51)16-15-31(3)57-34-17-18-35(30(2)27-34)36-19-20-41(49-43(36)45(55)58-47(4,5)6)52-26-23-33-11-10-12-37(38(33)28-52)44(54)50-46-48-39-13-8-9-14-40(39)59-46/h8-14,17-20,27,31-32H,7,15-16,21-26,28-29H2,1-6H3,(H,48,50,54)/t31-/m0/s1. The van der Waals surface area contributed by atoms with Gasteiger partial charge in [0.1, 0.15) is 17.2 Å². The molecule has 12 heteroatoms. The number of aryl methyl sites for hydroxylation is 1. The second kappa shape index (κ2) is 18.3. The summed E-state index contributed by atoms with van der Waals surface area (Å²) in [5, 5.41) is 3.58. The number of esters is 2. The first kappa shape index (κ1) is 41.8. The molecule has 2 aliphatic heterocycles. The normalized spacial score (nSPS) is 15.4. The minimum absolute atomic E-state index is 0.0323. The number of rotatable bonds is 13. The van der Waals surface area contributed by atoms with E-state index < -0.39 is 11.6 Å². The number of piperidine rings is 1. The Kier molecular flexibility index (Phi) is 13.0. The molecule has 2 aliphatic rings. The van der Waals surface area contributed by atoms with Gasteiger partial charge in [0.2, 0.25) is 0 Å². The van der Waals surface area contributed by atoms with Gasteiger partial charge in [0.25, 0.3) is 5.91 Å². The van der Waals surface area contributed by atoms with Crippen LogP contribution in [-0.4, -0.2) is 77.2 Å². The third-order valence-corrected chi connectivity index (χ3v) is 12.0. The lowest BCUT2D eigenvalue weighted by Gasteiger charge is -2.31. The van der Waals surface area contributed by atoms with E-state index in [0.29, 0.717) is 54.2 Å². The van der Waals surface area contributed by atoms with E-state index in [9.17, 15) is 14.4 Å². The van der Waals surface area contributed by atoms with Crippen molar-refractivity contribution in [1.82, 2.24) is 14.9 Å². The van der Waals surface area contributed by atoms with Crippen molar-refractivity contribution >= 4 is 50.3 Å². The third kappa shape index (κ3) is 10.5. The highest BCUT2D eigenvalue weighted by Crippen LogP contribution is 2.35. The Morgan fingerprint density at radius 1 is 0.949 bits per heavy atom. The Bertz CT molecular complexity index is 2280. The van der Waals surface area contributed by atoms with E-state index in [1.807, 2.05) is 101 Å². The molecule has 0 unspecified atom stereocenters. The number of benzene rings is 3. The average molecular weight is 818 g/mol. The lowest BCUT2D eigenvalue weighted by molar-refractivity contribution is -0.144. The van der Waals surface area contributed by atoms with Crippen molar-refractivity contribution in [2.45, 2.75) is 91.9 Å². The summed E-state index contributed by atoms with van der Waals surface area (Å²) < 4.78 is 18.4. The van der Waals surface area contributed by atoms with Gasteiger partial charge in [-0.05, 0) is 157 Å². The molecule has 0 spiro atoms. The number of para-hydroxylation sites is 1. The topological polar surface area (TPSA) is 123 Å². The van der Waals surface area contributed by atoms with Crippen molar-refractivity contribution in [3.05, 3.63) is 101 Å². The van der Waals surface area contributed by atoms with Crippen molar-refractivity contribution in [2.24, 2.45) is 5.92 Å². The molecular weight excluding hydrogens is 763 g/mol. The highest BCUT2D eigenvalue weighted by Gasteiger charge is 2.28. The summed E-state index contributed by atoms with van der Waals surface area (Å²) in [6.07, 6.45) is 4.91. The van der Waals surface area contributed by atoms with Crippen molar-refractivity contribution in [3.63, 3.8) is 0 Å². The average Bonchev–Trinajstić information content (AvgIpc) is 3.62. The monoisotopic (exact) mass is 817 g/mol. The molecule has 1 amide bonds. The summed E-state index contributed by atoms with van der Waals surface area (Å²) in [5.41, 5.74) is 5.52. The number of likely N-dealkylation sites (tertiary alicyclic amines) is 1. The number of fused-ring (bicyclic) bond motifs is 2. The number of hydrogen-bond donors (Lipinski definition) is 1. The first-order valence-corrected chi connectivity index (χ1v) is 21.6.